The van der Waals surface area contributed by atoms with E-state index in [4.69, 9.17) is 22.1 Å². The van der Waals surface area contributed by atoms with Gasteiger partial charge in [0.2, 0.25) is 0 Å². The van der Waals surface area contributed by atoms with Crippen LogP contribution < -0.4 is 10.5 Å². The SMILES string of the molecule is Cc1nn(C)c(Cl)c1COc1c(F)cc(CN)cc1F. The Morgan fingerprint density at radius 1 is 1.35 bits per heavy atom. The number of aryl methyl sites for hydroxylation is 2. The molecule has 0 saturated heterocycles. The summed E-state index contributed by atoms with van der Waals surface area (Å²) in [6, 6.07) is 2.30. The number of nitrogens with two attached hydrogens (primary N) is 1. The second kappa shape index (κ2) is 5.76. The zero-order valence-electron chi connectivity index (χ0n) is 11.1. The molecular weight excluding hydrogens is 288 g/mol. The van der Waals surface area contributed by atoms with Gasteiger partial charge in [-0.1, -0.05) is 11.6 Å². The van der Waals surface area contributed by atoms with Crippen molar-refractivity contribution in [1.29, 1.82) is 0 Å². The first-order valence-electron chi connectivity index (χ1n) is 5.92. The van der Waals surface area contributed by atoms with E-state index in [0.29, 0.717) is 22.0 Å². The highest BCUT2D eigenvalue weighted by Gasteiger charge is 2.16. The zero-order chi connectivity index (χ0) is 14.9. The number of hydrogen-bond donors (Lipinski definition) is 1. The number of benzene rings is 1. The Balaban J connectivity index is 2.23. The number of nitrogens with zero attached hydrogens (tertiary/aromatic N) is 2. The topological polar surface area (TPSA) is 53.1 Å². The van der Waals surface area contributed by atoms with Crippen LogP contribution in [-0.4, -0.2) is 9.78 Å². The first kappa shape index (κ1) is 14.7. The Kier molecular flexibility index (Phi) is 4.25. The number of hydrogen-bond acceptors (Lipinski definition) is 3. The van der Waals surface area contributed by atoms with Crippen LogP contribution in [0.15, 0.2) is 12.1 Å². The van der Waals surface area contributed by atoms with Crippen LogP contribution in [0.25, 0.3) is 0 Å². The van der Waals surface area contributed by atoms with E-state index in [1.165, 1.54) is 4.68 Å². The molecule has 0 aliphatic carbocycles. The summed E-state index contributed by atoms with van der Waals surface area (Å²) in [7, 11) is 1.68. The molecule has 0 radical (unpaired) electrons. The second-order valence-electron chi connectivity index (χ2n) is 4.36. The van der Waals surface area contributed by atoms with Crippen LogP contribution >= 0.6 is 11.6 Å². The average molecular weight is 302 g/mol. The van der Waals surface area contributed by atoms with Crippen LogP contribution in [0.3, 0.4) is 0 Å². The van der Waals surface area contributed by atoms with Gasteiger partial charge in [0.25, 0.3) is 0 Å². The molecule has 0 amide bonds. The maximum Gasteiger partial charge on any atom is 0.191 e. The van der Waals surface area contributed by atoms with Crippen molar-refractivity contribution in [2.75, 3.05) is 0 Å². The van der Waals surface area contributed by atoms with Crippen LogP contribution in [-0.2, 0) is 20.2 Å². The third-order valence-corrected chi connectivity index (χ3v) is 3.40. The number of aromatic nitrogens is 2. The summed E-state index contributed by atoms with van der Waals surface area (Å²) in [4.78, 5) is 0. The Hall–Kier alpha value is -1.66. The fourth-order valence-electron chi connectivity index (χ4n) is 1.85. The lowest BCUT2D eigenvalue weighted by atomic mass is 10.2. The van der Waals surface area contributed by atoms with Gasteiger partial charge in [0.05, 0.1) is 5.69 Å². The van der Waals surface area contributed by atoms with E-state index in [1.807, 2.05) is 0 Å². The van der Waals surface area contributed by atoms with Crippen molar-refractivity contribution < 1.29 is 13.5 Å². The van der Waals surface area contributed by atoms with E-state index in [9.17, 15) is 8.78 Å². The minimum Gasteiger partial charge on any atom is -0.483 e. The molecule has 0 spiro atoms. The van der Waals surface area contributed by atoms with Gasteiger partial charge in [0.15, 0.2) is 17.4 Å². The molecule has 4 nitrogen and oxygen atoms in total. The smallest absolute Gasteiger partial charge is 0.191 e. The highest BCUT2D eigenvalue weighted by atomic mass is 35.5. The molecule has 0 bridgehead atoms. The van der Waals surface area contributed by atoms with Gasteiger partial charge in [-0.2, -0.15) is 5.10 Å². The molecule has 1 aromatic heterocycles. The van der Waals surface area contributed by atoms with E-state index in [-0.39, 0.29) is 13.2 Å². The highest BCUT2D eigenvalue weighted by Crippen LogP contribution is 2.26. The highest BCUT2D eigenvalue weighted by molar-refractivity contribution is 6.30. The Morgan fingerprint density at radius 3 is 2.40 bits per heavy atom. The first-order chi connectivity index (χ1) is 9.43. The second-order valence-corrected chi connectivity index (χ2v) is 4.72. The molecule has 0 fully saturated rings. The van der Waals surface area contributed by atoms with E-state index < -0.39 is 17.4 Å². The van der Waals surface area contributed by atoms with E-state index in [2.05, 4.69) is 5.10 Å². The predicted molar refractivity (Wildman–Crippen MR) is 71.5 cm³/mol. The van der Waals surface area contributed by atoms with Gasteiger partial charge in [-0.05, 0) is 24.6 Å². The average Bonchev–Trinajstić information content (AvgIpc) is 2.63. The maximum atomic E-state index is 13.7. The Bertz CT molecular complexity index is 620. The molecule has 1 aromatic carbocycles. The van der Waals surface area contributed by atoms with Crippen molar-refractivity contribution in [1.82, 2.24) is 9.78 Å². The van der Waals surface area contributed by atoms with Crippen molar-refractivity contribution in [3.05, 3.63) is 45.7 Å². The summed E-state index contributed by atoms with van der Waals surface area (Å²) in [5.41, 5.74) is 6.95. The molecule has 20 heavy (non-hydrogen) atoms. The summed E-state index contributed by atoms with van der Waals surface area (Å²) >= 11 is 6.02. The van der Waals surface area contributed by atoms with Gasteiger partial charge in [0.1, 0.15) is 11.8 Å². The Morgan fingerprint density at radius 2 is 1.95 bits per heavy atom. The molecule has 7 heteroatoms. The van der Waals surface area contributed by atoms with E-state index in [0.717, 1.165) is 12.1 Å². The van der Waals surface area contributed by atoms with E-state index >= 15 is 0 Å². The summed E-state index contributed by atoms with van der Waals surface area (Å²) in [5, 5.41) is 4.47. The van der Waals surface area contributed by atoms with Crippen molar-refractivity contribution in [3.8, 4) is 5.75 Å². The number of ether oxygens (including phenoxy) is 1. The fourth-order valence-corrected chi connectivity index (χ4v) is 2.08. The summed E-state index contributed by atoms with van der Waals surface area (Å²) < 4.78 is 34.1. The largest absolute Gasteiger partial charge is 0.483 e. The maximum absolute atomic E-state index is 13.7. The van der Waals surface area contributed by atoms with Gasteiger partial charge in [-0.15, -0.1) is 0 Å². The van der Waals surface area contributed by atoms with Crippen molar-refractivity contribution in [2.24, 2.45) is 12.8 Å². The quantitative estimate of drug-likeness (QED) is 0.944. The third kappa shape index (κ3) is 2.76. The molecule has 0 atom stereocenters. The van der Waals surface area contributed by atoms with Crippen LogP contribution in [0.2, 0.25) is 5.15 Å². The molecule has 2 N–H and O–H groups in total. The monoisotopic (exact) mass is 301 g/mol. The standard InChI is InChI=1S/C13H14ClF2N3O/c1-7-9(13(14)19(2)18-7)6-20-12-10(15)3-8(5-17)4-11(12)16/h3-4H,5-6,17H2,1-2H3. The molecule has 0 aliphatic rings. The summed E-state index contributed by atoms with van der Waals surface area (Å²) in [5.74, 6) is -2.02. The number of halogens is 3. The summed E-state index contributed by atoms with van der Waals surface area (Å²) in [6.07, 6.45) is 0. The normalized spacial score (nSPS) is 10.9. The minimum absolute atomic E-state index is 0.0572. The van der Waals surface area contributed by atoms with Gasteiger partial charge in [-0.3, -0.25) is 4.68 Å². The van der Waals surface area contributed by atoms with Gasteiger partial charge < -0.3 is 10.5 Å². The first-order valence-corrected chi connectivity index (χ1v) is 6.30. The van der Waals surface area contributed by atoms with Crippen LogP contribution in [0.1, 0.15) is 16.8 Å². The van der Waals surface area contributed by atoms with Crippen molar-refractivity contribution >= 4 is 11.6 Å². The van der Waals surface area contributed by atoms with Gasteiger partial charge >= 0.3 is 0 Å². The lowest BCUT2D eigenvalue weighted by molar-refractivity contribution is 0.273. The van der Waals surface area contributed by atoms with Crippen molar-refractivity contribution in [2.45, 2.75) is 20.1 Å². The fraction of sp³-hybridized carbons (Fsp3) is 0.308. The molecule has 0 unspecified atom stereocenters. The molecular formula is C13H14ClF2N3O. The molecule has 2 rings (SSSR count). The molecule has 0 saturated carbocycles. The van der Waals surface area contributed by atoms with Gasteiger partial charge in [-0.25, -0.2) is 8.78 Å². The molecule has 0 aliphatic heterocycles. The van der Waals surface area contributed by atoms with Crippen molar-refractivity contribution in [3.63, 3.8) is 0 Å². The molecule has 2 aromatic rings. The molecule has 1 heterocycles. The number of rotatable bonds is 4. The van der Waals surface area contributed by atoms with Crippen LogP contribution in [0.5, 0.6) is 5.75 Å². The lowest BCUT2D eigenvalue weighted by Crippen LogP contribution is -2.04. The van der Waals surface area contributed by atoms with E-state index in [1.54, 1.807) is 14.0 Å². The minimum atomic E-state index is -0.789. The van der Waals surface area contributed by atoms with Gasteiger partial charge in [0, 0.05) is 19.2 Å². The van der Waals surface area contributed by atoms with Crippen LogP contribution in [0, 0.1) is 18.6 Å². The van der Waals surface area contributed by atoms with Crippen LogP contribution in [0.4, 0.5) is 8.78 Å². The molecule has 108 valence electrons. The zero-order valence-corrected chi connectivity index (χ0v) is 11.8. The summed E-state index contributed by atoms with van der Waals surface area (Å²) in [6.45, 7) is 1.74. The third-order valence-electron chi connectivity index (χ3n) is 2.92. The lowest BCUT2D eigenvalue weighted by Gasteiger charge is -2.09. The predicted octanol–water partition coefficient (Wildman–Crippen LogP) is 2.70. The Labute approximate surface area is 120 Å².